The third-order valence-electron chi connectivity index (χ3n) is 4.56. The first-order valence-corrected chi connectivity index (χ1v) is 8.26. The zero-order valence-electron chi connectivity index (χ0n) is 12.7. The first kappa shape index (κ1) is 15.8. The van der Waals surface area contributed by atoms with Gasteiger partial charge in [0.05, 0.1) is 6.07 Å². The number of halogens is 1. The van der Waals surface area contributed by atoms with Crippen molar-refractivity contribution in [1.29, 1.82) is 5.26 Å². The largest absolute Gasteiger partial charge is 0.327 e. The van der Waals surface area contributed by atoms with E-state index >= 15 is 0 Å². The van der Waals surface area contributed by atoms with E-state index in [1.165, 1.54) is 0 Å². The lowest BCUT2D eigenvalue weighted by atomic mass is 10.1. The van der Waals surface area contributed by atoms with Crippen molar-refractivity contribution in [2.24, 2.45) is 0 Å². The number of amides is 2. The predicted molar refractivity (Wildman–Crippen MR) is 85.9 cm³/mol. The van der Waals surface area contributed by atoms with Gasteiger partial charge in [0.25, 0.3) is 5.91 Å². The second-order valence-corrected chi connectivity index (χ2v) is 6.42. The van der Waals surface area contributed by atoms with E-state index in [1.54, 1.807) is 34.1 Å². The molecule has 2 aliphatic rings. The van der Waals surface area contributed by atoms with E-state index in [4.69, 9.17) is 11.6 Å². The molecule has 0 aliphatic carbocycles. The summed E-state index contributed by atoms with van der Waals surface area (Å²) in [4.78, 5) is 28.8. The number of rotatable bonds is 2. The van der Waals surface area contributed by atoms with Gasteiger partial charge in [-0.3, -0.25) is 9.59 Å². The number of nitrogens with zero attached hydrogens (tertiary/aromatic N) is 3. The summed E-state index contributed by atoms with van der Waals surface area (Å²) in [6, 6.07) is 8.15. The summed E-state index contributed by atoms with van der Waals surface area (Å²) in [6.45, 7) is 1.17. The van der Waals surface area contributed by atoms with Crippen LogP contribution in [0, 0.1) is 11.3 Å². The van der Waals surface area contributed by atoms with Crippen LogP contribution in [-0.2, 0) is 4.79 Å². The van der Waals surface area contributed by atoms with E-state index in [-0.39, 0.29) is 17.9 Å². The molecular formula is C17H18ClN3O2. The van der Waals surface area contributed by atoms with Crippen molar-refractivity contribution in [2.45, 2.75) is 37.8 Å². The average molecular weight is 332 g/mol. The maximum absolute atomic E-state index is 12.8. The molecule has 0 spiro atoms. The average Bonchev–Trinajstić information content (AvgIpc) is 3.22. The molecule has 0 saturated carbocycles. The number of nitriles is 1. The van der Waals surface area contributed by atoms with Crippen molar-refractivity contribution in [3.8, 4) is 6.07 Å². The second kappa shape index (κ2) is 6.59. The molecule has 2 heterocycles. The van der Waals surface area contributed by atoms with Gasteiger partial charge in [0.1, 0.15) is 12.1 Å². The molecule has 2 saturated heterocycles. The Morgan fingerprint density at radius 2 is 1.91 bits per heavy atom. The van der Waals surface area contributed by atoms with E-state index in [0.717, 1.165) is 19.3 Å². The molecule has 2 amide bonds. The molecule has 2 fully saturated rings. The predicted octanol–water partition coefficient (Wildman–Crippen LogP) is 2.46. The number of likely N-dealkylation sites (tertiary alicyclic amines) is 2. The maximum Gasteiger partial charge on any atom is 0.254 e. The molecule has 0 bridgehead atoms. The highest BCUT2D eigenvalue weighted by Gasteiger charge is 2.40. The zero-order valence-corrected chi connectivity index (χ0v) is 13.5. The van der Waals surface area contributed by atoms with E-state index in [2.05, 4.69) is 6.07 Å². The Labute approximate surface area is 140 Å². The summed E-state index contributed by atoms with van der Waals surface area (Å²) < 4.78 is 0. The molecule has 120 valence electrons. The Hall–Kier alpha value is -2.06. The first-order valence-electron chi connectivity index (χ1n) is 7.88. The van der Waals surface area contributed by atoms with Crippen molar-refractivity contribution < 1.29 is 9.59 Å². The molecule has 6 heteroatoms. The normalized spacial score (nSPS) is 23.8. The fourth-order valence-corrected chi connectivity index (χ4v) is 3.60. The quantitative estimate of drug-likeness (QED) is 0.836. The lowest BCUT2D eigenvalue weighted by Crippen LogP contribution is -2.49. The molecule has 0 unspecified atom stereocenters. The van der Waals surface area contributed by atoms with Crippen LogP contribution in [0.4, 0.5) is 0 Å². The highest BCUT2D eigenvalue weighted by molar-refractivity contribution is 6.31. The fourth-order valence-electron chi connectivity index (χ4n) is 3.41. The van der Waals surface area contributed by atoms with Crippen LogP contribution in [-0.4, -0.2) is 46.8 Å². The monoisotopic (exact) mass is 331 g/mol. The number of hydrogen-bond acceptors (Lipinski definition) is 3. The topological polar surface area (TPSA) is 64.4 Å². The van der Waals surface area contributed by atoms with Crippen LogP contribution < -0.4 is 0 Å². The Kier molecular flexibility index (Phi) is 4.53. The van der Waals surface area contributed by atoms with Crippen LogP contribution in [0.25, 0.3) is 0 Å². The minimum absolute atomic E-state index is 0.0954. The van der Waals surface area contributed by atoms with Crippen LogP contribution in [0.3, 0.4) is 0 Å². The summed E-state index contributed by atoms with van der Waals surface area (Å²) in [5, 5.41) is 9.67. The standard InChI is InChI=1S/C17H18ClN3O2/c18-13-5-1-4-12(10-13)16(22)21-9-3-7-15(21)17(23)20-8-2-6-14(20)11-19/h1,4-5,10,14-15H,2-3,6-9H2/t14-,15+/m0/s1. The Balaban J connectivity index is 1.79. The zero-order chi connectivity index (χ0) is 16.4. The molecule has 1 aromatic rings. The van der Waals surface area contributed by atoms with Crippen molar-refractivity contribution in [1.82, 2.24) is 9.80 Å². The van der Waals surface area contributed by atoms with E-state index in [1.807, 2.05) is 0 Å². The van der Waals surface area contributed by atoms with E-state index < -0.39 is 6.04 Å². The molecule has 2 aliphatic heterocycles. The number of carbonyl (C=O) groups is 2. The van der Waals surface area contributed by atoms with E-state index in [9.17, 15) is 14.9 Å². The van der Waals surface area contributed by atoms with Crippen LogP contribution in [0.5, 0.6) is 0 Å². The lowest BCUT2D eigenvalue weighted by Gasteiger charge is -2.29. The Morgan fingerprint density at radius 1 is 1.17 bits per heavy atom. The van der Waals surface area contributed by atoms with Crippen molar-refractivity contribution >= 4 is 23.4 Å². The number of carbonyl (C=O) groups excluding carboxylic acids is 2. The molecule has 0 aromatic heterocycles. The smallest absolute Gasteiger partial charge is 0.254 e. The summed E-state index contributed by atoms with van der Waals surface area (Å²) in [5.74, 6) is -0.266. The minimum Gasteiger partial charge on any atom is -0.327 e. The van der Waals surface area contributed by atoms with Gasteiger partial charge in [-0.2, -0.15) is 5.26 Å². The van der Waals surface area contributed by atoms with Crippen LogP contribution >= 0.6 is 11.6 Å². The van der Waals surface area contributed by atoms with Gasteiger partial charge in [0.2, 0.25) is 5.91 Å². The highest BCUT2D eigenvalue weighted by Crippen LogP contribution is 2.26. The molecular weight excluding hydrogens is 314 g/mol. The van der Waals surface area contributed by atoms with Gasteiger partial charge in [-0.05, 0) is 43.9 Å². The Bertz CT molecular complexity index is 670. The molecule has 1 aromatic carbocycles. The molecule has 23 heavy (non-hydrogen) atoms. The number of hydrogen-bond donors (Lipinski definition) is 0. The van der Waals surface area contributed by atoms with Crippen molar-refractivity contribution in [3.63, 3.8) is 0 Å². The molecule has 0 N–H and O–H groups in total. The van der Waals surface area contributed by atoms with Gasteiger partial charge in [0, 0.05) is 23.7 Å². The molecule has 5 nitrogen and oxygen atoms in total. The number of benzene rings is 1. The molecule has 3 rings (SSSR count). The third-order valence-corrected chi connectivity index (χ3v) is 4.79. The maximum atomic E-state index is 12.8. The summed E-state index contributed by atoms with van der Waals surface area (Å²) in [6.07, 6.45) is 3.02. The van der Waals surface area contributed by atoms with Gasteiger partial charge in [-0.15, -0.1) is 0 Å². The van der Waals surface area contributed by atoms with Gasteiger partial charge >= 0.3 is 0 Å². The highest BCUT2D eigenvalue weighted by atomic mass is 35.5. The third kappa shape index (κ3) is 3.04. The Morgan fingerprint density at radius 3 is 2.65 bits per heavy atom. The van der Waals surface area contributed by atoms with Gasteiger partial charge in [-0.1, -0.05) is 17.7 Å². The minimum atomic E-state index is -0.463. The van der Waals surface area contributed by atoms with Crippen LogP contribution in [0.15, 0.2) is 24.3 Å². The van der Waals surface area contributed by atoms with Gasteiger partial charge in [0.15, 0.2) is 0 Å². The lowest BCUT2D eigenvalue weighted by molar-refractivity contribution is -0.135. The van der Waals surface area contributed by atoms with Crippen LogP contribution in [0.2, 0.25) is 5.02 Å². The molecule has 2 atom stereocenters. The first-order chi connectivity index (χ1) is 11.1. The molecule has 0 radical (unpaired) electrons. The van der Waals surface area contributed by atoms with E-state index in [0.29, 0.717) is 30.1 Å². The fraction of sp³-hybridized carbons (Fsp3) is 0.471. The summed E-state index contributed by atoms with van der Waals surface area (Å²) in [5.41, 5.74) is 0.496. The van der Waals surface area contributed by atoms with Gasteiger partial charge < -0.3 is 9.80 Å². The van der Waals surface area contributed by atoms with Crippen LogP contribution in [0.1, 0.15) is 36.0 Å². The summed E-state index contributed by atoms with van der Waals surface area (Å²) in [7, 11) is 0. The summed E-state index contributed by atoms with van der Waals surface area (Å²) >= 11 is 5.95. The second-order valence-electron chi connectivity index (χ2n) is 5.99. The van der Waals surface area contributed by atoms with Crippen molar-refractivity contribution in [3.05, 3.63) is 34.9 Å². The van der Waals surface area contributed by atoms with Gasteiger partial charge in [-0.25, -0.2) is 0 Å². The van der Waals surface area contributed by atoms with Crippen molar-refractivity contribution in [2.75, 3.05) is 13.1 Å². The SMILES string of the molecule is N#C[C@@H]1CCCN1C(=O)[C@H]1CCCN1C(=O)c1cccc(Cl)c1.